The van der Waals surface area contributed by atoms with E-state index in [0.29, 0.717) is 19.4 Å². The summed E-state index contributed by atoms with van der Waals surface area (Å²) in [6, 6.07) is 0.870. The van der Waals surface area contributed by atoms with Gasteiger partial charge in [-0.1, -0.05) is 19.3 Å². The molecule has 0 spiro atoms. The van der Waals surface area contributed by atoms with Gasteiger partial charge in [0.1, 0.15) is 10.6 Å². The normalized spacial score (nSPS) is 22.3. The monoisotopic (exact) mass is 342 g/mol. The molecule has 0 aromatic carbocycles. The second kappa shape index (κ2) is 7.74. The molecule has 0 amide bonds. The molecule has 2 atom stereocenters. The Kier molecular flexibility index (Phi) is 5.95. The Morgan fingerprint density at radius 2 is 2.13 bits per heavy atom. The van der Waals surface area contributed by atoms with E-state index < -0.39 is 28.0 Å². The summed E-state index contributed by atoms with van der Waals surface area (Å²) in [5.41, 5.74) is 0. The maximum atomic E-state index is 12.7. The highest BCUT2D eigenvalue weighted by molar-refractivity contribution is 7.89. The molecule has 128 valence electrons. The van der Waals surface area contributed by atoms with Crippen molar-refractivity contribution in [3.8, 4) is 5.75 Å². The van der Waals surface area contributed by atoms with Crippen LogP contribution in [0.5, 0.6) is 5.75 Å². The van der Waals surface area contributed by atoms with Crippen molar-refractivity contribution in [2.75, 3.05) is 6.61 Å². The van der Waals surface area contributed by atoms with E-state index in [9.17, 15) is 18.3 Å². The van der Waals surface area contributed by atoms with Crippen molar-refractivity contribution >= 4 is 16.0 Å². The molecule has 1 aliphatic rings. The summed E-state index contributed by atoms with van der Waals surface area (Å²) < 4.78 is 33.2. The molecule has 2 rings (SSSR count). The van der Waals surface area contributed by atoms with Gasteiger partial charge in [-0.25, -0.2) is 13.1 Å². The lowest BCUT2D eigenvalue weighted by Gasteiger charge is -2.23. The molecular formula is C15H22N2O5S. The Morgan fingerprint density at radius 3 is 2.83 bits per heavy atom. The molecule has 0 saturated heterocycles. The fourth-order valence-electron chi connectivity index (χ4n) is 2.85. The number of carboxylic acids is 1. The van der Waals surface area contributed by atoms with E-state index in [2.05, 4.69) is 9.71 Å². The Morgan fingerprint density at radius 1 is 1.39 bits per heavy atom. The van der Waals surface area contributed by atoms with Gasteiger partial charge in [-0.05, 0) is 25.8 Å². The number of pyridine rings is 1. The summed E-state index contributed by atoms with van der Waals surface area (Å²) in [5.74, 6) is -1.45. The molecule has 1 aromatic heterocycles. The van der Waals surface area contributed by atoms with Crippen molar-refractivity contribution in [2.24, 2.45) is 5.92 Å². The smallest absolute Gasteiger partial charge is 0.308 e. The molecule has 1 aromatic rings. The molecule has 7 nitrogen and oxygen atoms in total. The van der Waals surface area contributed by atoms with Crippen LogP contribution in [0.1, 0.15) is 39.0 Å². The zero-order chi connectivity index (χ0) is 16.9. The number of hydrogen-bond donors (Lipinski definition) is 2. The molecule has 1 heterocycles. The maximum absolute atomic E-state index is 12.7. The zero-order valence-corrected chi connectivity index (χ0v) is 13.9. The van der Waals surface area contributed by atoms with Crippen molar-refractivity contribution in [2.45, 2.75) is 50.0 Å². The Bertz CT molecular complexity index is 647. The summed E-state index contributed by atoms with van der Waals surface area (Å²) in [6.07, 6.45) is 6.19. The first-order chi connectivity index (χ1) is 11.0. The van der Waals surface area contributed by atoms with Crippen LogP contribution < -0.4 is 9.46 Å². The van der Waals surface area contributed by atoms with Gasteiger partial charge in [0.25, 0.3) is 0 Å². The van der Waals surface area contributed by atoms with Crippen LogP contribution in [0.4, 0.5) is 0 Å². The topological polar surface area (TPSA) is 106 Å². The molecule has 1 saturated carbocycles. The first-order valence-corrected chi connectivity index (χ1v) is 9.26. The first kappa shape index (κ1) is 17.7. The first-order valence-electron chi connectivity index (χ1n) is 7.77. The Balaban J connectivity index is 2.27. The molecular weight excluding hydrogens is 320 g/mol. The Hall–Kier alpha value is -1.67. The minimum Gasteiger partial charge on any atom is -0.492 e. The number of hydrogen-bond acceptors (Lipinski definition) is 5. The average Bonchev–Trinajstić information content (AvgIpc) is 2.73. The van der Waals surface area contributed by atoms with Crippen LogP contribution in [0.15, 0.2) is 23.4 Å². The highest BCUT2D eigenvalue weighted by Crippen LogP contribution is 2.27. The van der Waals surface area contributed by atoms with Crippen molar-refractivity contribution in [1.29, 1.82) is 0 Å². The standard InChI is InChI=1S/C15H22N2O5S/c1-2-22-13-8-9-16-10-14(13)23(20,21)17-12-7-5-3-4-6-11(12)15(18)19/h8-12,17H,2-7H2,1H3,(H,18,19)/t11-,12+/m0/s1. The van der Waals surface area contributed by atoms with E-state index in [-0.39, 0.29) is 10.6 Å². The molecule has 0 unspecified atom stereocenters. The van der Waals surface area contributed by atoms with Gasteiger partial charge in [0.15, 0.2) is 0 Å². The van der Waals surface area contributed by atoms with Gasteiger partial charge in [0, 0.05) is 12.2 Å². The average molecular weight is 342 g/mol. The fourth-order valence-corrected chi connectivity index (χ4v) is 4.25. The van der Waals surface area contributed by atoms with Gasteiger partial charge in [-0.3, -0.25) is 9.78 Å². The van der Waals surface area contributed by atoms with Crippen LogP contribution in [0.3, 0.4) is 0 Å². The van der Waals surface area contributed by atoms with E-state index in [0.717, 1.165) is 19.3 Å². The minimum absolute atomic E-state index is 0.0600. The summed E-state index contributed by atoms with van der Waals surface area (Å²) >= 11 is 0. The molecule has 0 bridgehead atoms. The quantitative estimate of drug-likeness (QED) is 0.764. The molecule has 23 heavy (non-hydrogen) atoms. The molecule has 1 fully saturated rings. The SMILES string of the molecule is CCOc1ccncc1S(=O)(=O)N[C@@H]1CCCCC[C@@H]1C(=O)O. The van der Waals surface area contributed by atoms with Crippen molar-refractivity contribution in [3.63, 3.8) is 0 Å². The van der Waals surface area contributed by atoms with Gasteiger partial charge in [0.05, 0.1) is 18.7 Å². The van der Waals surface area contributed by atoms with Gasteiger partial charge < -0.3 is 9.84 Å². The minimum atomic E-state index is -3.90. The summed E-state index contributed by atoms with van der Waals surface area (Å²) in [7, 11) is -3.90. The van der Waals surface area contributed by atoms with E-state index in [1.54, 1.807) is 6.92 Å². The van der Waals surface area contributed by atoms with Gasteiger partial charge in [-0.2, -0.15) is 0 Å². The number of carbonyl (C=O) groups is 1. The fraction of sp³-hybridized carbons (Fsp3) is 0.600. The van der Waals surface area contributed by atoms with E-state index >= 15 is 0 Å². The second-order valence-electron chi connectivity index (χ2n) is 5.57. The molecule has 2 N–H and O–H groups in total. The Labute approximate surface area is 136 Å². The number of nitrogens with one attached hydrogen (secondary N) is 1. The largest absolute Gasteiger partial charge is 0.492 e. The van der Waals surface area contributed by atoms with Gasteiger partial charge in [0.2, 0.25) is 10.0 Å². The molecule has 1 aliphatic carbocycles. The third-order valence-electron chi connectivity index (χ3n) is 3.98. The number of aliphatic carboxylic acids is 1. The molecule has 0 aliphatic heterocycles. The lowest BCUT2D eigenvalue weighted by Crippen LogP contribution is -2.42. The highest BCUT2D eigenvalue weighted by atomic mass is 32.2. The summed E-state index contributed by atoms with van der Waals surface area (Å²) in [4.78, 5) is 15.2. The number of carboxylic acid groups (broad SMARTS) is 1. The third-order valence-corrected chi connectivity index (χ3v) is 5.47. The predicted molar refractivity (Wildman–Crippen MR) is 83.7 cm³/mol. The number of aromatic nitrogens is 1. The lowest BCUT2D eigenvalue weighted by molar-refractivity contribution is -0.142. The predicted octanol–water partition coefficient (Wildman–Crippen LogP) is 1.79. The van der Waals surface area contributed by atoms with Crippen LogP contribution >= 0.6 is 0 Å². The van der Waals surface area contributed by atoms with Crippen LogP contribution in [0.2, 0.25) is 0 Å². The number of nitrogens with zero attached hydrogens (tertiary/aromatic N) is 1. The highest BCUT2D eigenvalue weighted by Gasteiger charge is 2.33. The van der Waals surface area contributed by atoms with Crippen molar-refractivity contribution < 1.29 is 23.1 Å². The van der Waals surface area contributed by atoms with Crippen molar-refractivity contribution in [1.82, 2.24) is 9.71 Å². The van der Waals surface area contributed by atoms with Crippen LogP contribution in [-0.2, 0) is 14.8 Å². The maximum Gasteiger partial charge on any atom is 0.308 e. The van der Waals surface area contributed by atoms with Crippen molar-refractivity contribution in [3.05, 3.63) is 18.5 Å². The number of rotatable bonds is 6. The van der Waals surface area contributed by atoms with E-state index in [1.807, 2.05) is 0 Å². The zero-order valence-electron chi connectivity index (χ0n) is 13.1. The number of ether oxygens (including phenoxy) is 1. The lowest BCUT2D eigenvalue weighted by atomic mass is 9.96. The van der Waals surface area contributed by atoms with Gasteiger partial charge in [-0.15, -0.1) is 0 Å². The summed E-state index contributed by atoms with van der Waals surface area (Å²) in [6.45, 7) is 2.09. The molecule has 0 radical (unpaired) electrons. The third kappa shape index (κ3) is 4.42. The number of sulfonamides is 1. The van der Waals surface area contributed by atoms with E-state index in [1.165, 1.54) is 18.5 Å². The van der Waals surface area contributed by atoms with Crippen LogP contribution in [0.25, 0.3) is 0 Å². The van der Waals surface area contributed by atoms with Gasteiger partial charge >= 0.3 is 5.97 Å². The summed E-state index contributed by atoms with van der Waals surface area (Å²) in [5, 5.41) is 9.37. The molecule has 8 heteroatoms. The van der Waals surface area contributed by atoms with Crippen LogP contribution in [-0.4, -0.2) is 37.1 Å². The van der Waals surface area contributed by atoms with Crippen LogP contribution in [0, 0.1) is 5.92 Å². The second-order valence-corrected chi connectivity index (χ2v) is 7.25. The van der Waals surface area contributed by atoms with E-state index in [4.69, 9.17) is 4.74 Å².